The lowest BCUT2D eigenvalue weighted by molar-refractivity contribution is 0.615. The minimum atomic E-state index is -0.161. The molecule has 1 rings (SSSR count). The summed E-state index contributed by atoms with van der Waals surface area (Å²) in [5.74, 6) is -0.161. The summed E-state index contributed by atoms with van der Waals surface area (Å²) in [6.07, 6.45) is 0.861. The van der Waals surface area contributed by atoms with E-state index in [-0.39, 0.29) is 5.82 Å². The Labute approximate surface area is 78.2 Å². The SMILES string of the molecule is CNCNCCc1cccc(F)c1. The number of rotatable bonds is 5. The molecule has 72 valence electrons. The molecule has 0 aliphatic rings. The van der Waals surface area contributed by atoms with Gasteiger partial charge in [0.05, 0.1) is 0 Å². The molecule has 1 aromatic rings. The van der Waals surface area contributed by atoms with Gasteiger partial charge < -0.3 is 10.6 Å². The Hall–Kier alpha value is -0.930. The van der Waals surface area contributed by atoms with Gasteiger partial charge in [-0.1, -0.05) is 12.1 Å². The van der Waals surface area contributed by atoms with Crippen LogP contribution in [0.25, 0.3) is 0 Å². The molecule has 0 amide bonds. The normalized spacial score (nSPS) is 10.3. The second-order valence-electron chi connectivity index (χ2n) is 2.91. The van der Waals surface area contributed by atoms with Crippen molar-refractivity contribution in [3.8, 4) is 0 Å². The first-order valence-corrected chi connectivity index (χ1v) is 4.42. The Morgan fingerprint density at radius 3 is 2.92 bits per heavy atom. The Balaban J connectivity index is 2.28. The summed E-state index contributed by atoms with van der Waals surface area (Å²) in [4.78, 5) is 0. The van der Waals surface area contributed by atoms with Crippen LogP contribution in [0.5, 0.6) is 0 Å². The van der Waals surface area contributed by atoms with Crippen LogP contribution < -0.4 is 10.6 Å². The number of hydrogen-bond acceptors (Lipinski definition) is 2. The van der Waals surface area contributed by atoms with Gasteiger partial charge in [-0.15, -0.1) is 0 Å². The molecular formula is C10H15FN2. The van der Waals surface area contributed by atoms with Gasteiger partial charge in [-0.05, 0) is 31.2 Å². The van der Waals surface area contributed by atoms with Crippen molar-refractivity contribution in [2.24, 2.45) is 0 Å². The van der Waals surface area contributed by atoms with Crippen molar-refractivity contribution >= 4 is 0 Å². The molecule has 0 radical (unpaired) electrons. The first-order chi connectivity index (χ1) is 6.33. The van der Waals surface area contributed by atoms with Crippen molar-refractivity contribution in [3.05, 3.63) is 35.6 Å². The van der Waals surface area contributed by atoms with Crippen LogP contribution in [0.4, 0.5) is 4.39 Å². The molecule has 0 saturated carbocycles. The Kier molecular flexibility index (Phi) is 4.43. The predicted molar refractivity (Wildman–Crippen MR) is 52.0 cm³/mol. The molecule has 1 aromatic carbocycles. The summed E-state index contributed by atoms with van der Waals surface area (Å²) >= 11 is 0. The predicted octanol–water partition coefficient (Wildman–Crippen LogP) is 1.13. The molecule has 13 heavy (non-hydrogen) atoms. The second-order valence-corrected chi connectivity index (χ2v) is 2.91. The number of benzene rings is 1. The highest BCUT2D eigenvalue weighted by atomic mass is 19.1. The van der Waals surface area contributed by atoms with Gasteiger partial charge in [0, 0.05) is 13.2 Å². The first-order valence-electron chi connectivity index (χ1n) is 4.42. The summed E-state index contributed by atoms with van der Waals surface area (Å²) in [7, 11) is 1.88. The van der Waals surface area contributed by atoms with Gasteiger partial charge in [0.2, 0.25) is 0 Å². The van der Waals surface area contributed by atoms with E-state index in [0.29, 0.717) is 0 Å². The van der Waals surface area contributed by atoms with E-state index >= 15 is 0 Å². The van der Waals surface area contributed by atoms with Gasteiger partial charge in [0.15, 0.2) is 0 Å². The van der Waals surface area contributed by atoms with Gasteiger partial charge in [-0.25, -0.2) is 4.39 Å². The number of hydrogen-bond donors (Lipinski definition) is 2. The topological polar surface area (TPSA) is 24.1 Å². The largest absolute Gasteiger partial charge is 0.308 e. The highest BCUT2D eigenvalue weighted by Crippen LogP contribution is 2.03. The van der Waals surface area contributed by atoms with E-state index < -0.39 is 0 Å². The van der Waals surface area contributed by atoms with E-state index in [4.69, 9.17) is 0 Å². The maximum Gasteiger partial charge on any atom is 0.123 e. The van der Waals surface area contributed by atoms with Gasteiger partial charge >= 0.3 is 0 Å². The lowest BCUT2D eigenvalue weighted by Crippen LogP contribution is -2.27. The van der Waals surface area contributed by atoms with Gasteiger partial charge in [-0.2, -0.15) is 0 Å². The molecule has 0 atom stereocenters. The third kappa shape index (κ3) is 4.01. The molecule has 0 spiro atoms. The lowest BCUT2D eigenvalue weighted by atomic mass is 10.1. The minimum absolute atomic E-state index is 0.161. The van der Waals surface area contributed by atoms with E-state index in [9.17, 15) is 4.39 Å². The highest BCUT2D eigenvalue weighted by molar-refractivity contribution is 5.16. The van der Waals surface area contributed by atoms with Crippen LogP contribution >= 0.6 is 0 Å². The van der Waals surface area contributed by atoms with E-state index in [1.54, 1.807) is 12.1 Å². The number of halogens is 1. The van der Waals surface area contributed by atoms with Crippen molar-refractivity contribution in [3.63, 3.8) is 0 Å². The monoisotopic (exact) mass is 182 g/mol. The van der Waals surface area contributed by atoms with E-state index in [2.05, 4.69) is 10.6 Å². The zero-order valence-corrected chi connectivity index (χ0v) is 7.81. The van der Waals surface area contributed by atoms with Gasteiger partial charge in [0.1, 0.15) is 5.82 Å². The third-order valence-corrected chi connectivity index (χ3v) is 1.78. The maximum absolute atomic E-state index is 12.7. The Morgan fingerprint density at radius 1 is 1.38 bits per heavy atom. The van der Waals surface area contributed by atoms with Crippen molar-refractivity contribution in [1.82, 2.24) is 10.6 Å². The third-order valence-electron chi connectivity index (χ3n) is 1.78. The summed E-state index contributed by atoms with van der Waals surface area (Å²) in [6.45, 7) is 1.65. The van der Waals surface area contributed by atoms with Gasteiger partial charge in [-0.3, -0.25) is 0 Å². The molecule has 0 heterocycles. The number of nitrogens with one attached hydrogen (secondary N) is 2. The second kappa shape index (κ2) is 5.67. The Bertz CT molecular complexity index is 250. The molecule has 2 N–H and O–H groups in total. The van der Waals surface area contributed by atoms with Crippen LogP contribution in [-0.2, 0) is 6.42 Å². The zero-order valence-electron chi connectivity index (χ0n) is 7.81. The molecular weight excluding hydrogens is 167 g/mol. The summed E-state index contributed by atoms with van der Waals surface area (Å²) in [5.41, 5.74) is 1.03. The molecule has 0 aliphatic carbocycles. The quantitative estimate of drug-likeness (QED) is 0.527. The molecule has 0 aromatic heterocycles. The summed E-state index contributed by atoms with van der Waals surface area (Å²) in [6, 6.07) is 6.71. The van der Waals surface area contributed by atoms with Crippen molar-refractivity contribution in [2.45, 2.75) is 6.42 Å². The van der Waals surface area contributed by atoms with E-state index in [0.717, 1.165) is 25.2 Å². The fourth-order valence-corrected chi connectivity index (χ4v) is 1.14. The van der Waals surface area contributed by atoms with E-state index in [1.807, 2.05) is 13.1 Å². The van der Waals surface area contributed by atoms with E-state index in [1.165, 1.54) is 6.07 Å². The highest BCUT2D eigenvalue weighted by Gasteiger charge is 1.93. The van der Waals surface area contributed by atoms with Crippen LogP contribution in [0.15, 0.2) is 24.3 Å². The van der Waals surface area contributed by atoms with Crippen molar-refractivity contribution < 1.29 is 4.39 Å². The smallest absolute Gasteiger partial charge is 0.123 e. The minimum Gasteiger partial charge on any atom is -0.308 e. The summed E-state index contributed by atoms with van der Waals surface area (Å²) in [5, 5.41) is 6.15. The molecule has 2 nitrogen and oxygen atoms in total. The van der Waals surface area contributed by atoms with Crippen LogP contribution in [0.3, 0.4) is 0 Å². The molecule has 0 fully saturated rings. The lowest BCUT2D eigenvalue weighted by Gasteiger charge is -2.03. The van der Waals surface area contributed by atoms with Gasteiger partial charge in [0.25, 0.3) is 0 Å². The van der Waals surface area contributed by atoms with Crippen LogP contribution in [-0.4, -0.2) is 20.3 Å². The van der Waals surface area contributed by atoms with Crippen LogP contribution in [0, 0.1) is 5.82 Å². The molecule has 0 saturated heterocycles. The molecule has 0 aliphatic heterocycles. The van der Waals surface area contributed by atoms with Crippen molar-refractivity contribution in [1.29, 1.82) is 0 Å². The fourth-order valence-electron chi connectivity index (χ4n) is 1.14. The molecule has 3 heteroatoms. The van der Waals surface area contributed by atoms with Crippen LogP contribution in [0.1, 0.15) is 5.56 Å². The standard InChI is InChI=1S/C10H15FN2/c1-12-8-13-6-5-9-3-2-4-10(11)7-9/h2-4,7,12-13H,5-6,8H2,1H3. The molecule has 0 unspecified atom stereocenters. The molecule has 0 bridgehead atoms. The zero-order chi connectivity index (χ0) is 9.52. The average Bonchev–Trinajstić information content (AvgIpc) is 2.13. The maximum atomic E-state index is 12.7. The van der Waals surface area contributed by atoms with Crippen LogP contribution in [0.2, 0.25) is 0 Å². The first kappa shape index (κ1) is 10.2. The average molecular weight is 182 g/mol. The van der Waals surface area contributed by atoms with Crippen molar-refractivity contribution in [2.75, 3.05) is 20.3 Å². The summed E-state index contributed by atoms with van der Waals surface area (Å²) < 4.78 is 12.7. The Morgan fingerprint density at radius 2 is 2.23 bits per heavy atom. The fraction of sp³-hybridized carbons (Fsp3) is 0.400.